The molecule has 1 amide bonds. The number of carbonyl (C=O) groups is 1. The molecule has 114 valence electrons. The van der Waals surface area contributed by atoms with Crippen LogP contribution in [0.25, 0.3) is 6.08 Å². The van der Waals surface area contributed by atoms with Crippen LogP contribution >= 0.6 is 12.2 Å². The molecule has 0 unspecified atom stereocenters. The number of rotatable bonds is 4. The van der Waals surface area contributed by atoms with Gasteiger partial charge in [-0.25, -0.2) is 0 Å². The third kappa shape index (κ3) is 2.90. The second-order valence-electron chi connectivity index (χ2n) is 4.64. The molecule has 5 nitrogen and oxygen atoms in total. The molecule has 1 aliphatic rings. The summed E-state index contributed by atoms with van der Waals surface area (Å²) in [6.07, 6.45) is 6.93. The molecule has 0 N–H and O–H groups in total. The molecule has 0 spiro atoms. The molecule has 0 bridgehead atoms. The van der Waals surface area contributed by atoms with E-state index in [1.807, 2.05) is 6.07 Å². The van der Waals surface area contributed by atoms with Crippen molar-refractivity contribution < 1.29 is 14.3 Å². The maximum atomic E-state index is 12.1. The average Bonchev–Trinajstić information content (AvgIpc) is 2.71. The molecule has 1 heterocycles. The fraction of sp³-hybridized carbons (Fsp3) is 0.250. The van der Waals surface area contributed by atoms with Gasteiger partial charge in [-0.1, -0.05) is 12.0 Å². The Bertz CT molecular complexity index is 691. The van der Waals surface area contributed by atoms with Crippen molar-refractivity contribution in [3.05, 3.63) is 29.5 Å². The number of nitrogens with zero attached hydrogens (tertiary/aromatic N) is 2. The highest BCUT2D eigenvalue weighted by Crippen LogP contribution is 2.30. The SMILES string of the molecule is C#CCOc1ccc(/C=C2\C(=O)N(C)C(=S)N2C)cc1OC. The molecule has 1 saturated heterocycles. The van der Waals surface area contributed by atoms with Crippen molar-refractivity contribution in [1.82, 2.24) is 9.80 Å². The summed E-state index contributed by atoms with van der Waals surface area (Å²) in [6.45, 7) is 0.164. The highest BCUT2D eigenvalue weighted by atomic mass is 32.1. The predicted molar refractivity (Wildman–Crippen MR) is 88.4 cm³/mol. The minimum atomic E-state index is -0.140. The summed E-state index contributed by atoms with van der Waals surface area (Å²) >= 11 is 5.18. The molecule has 0 atom stereocenters. The van der Waals surface area contributed by atoms with Crippen molar-refractivity contribution in [2.24, 2.45) is 0 Å². The first kappa shape index (κ1) is 15.9. The van der Waals surface area contributed by atoms with E-state index >= 15 is 0 Å². The van der Waals surface area contributed by atoms with Gasteiger partial charge in [0.2, 0.25) is 0 Å². The minimum absolute atomic E-state index is 0.140. The van der Waals surface area contributed by atoms with Crippen LogP contribution in [0.1, 0.15) is 5.56 Å². The number of hydrogen-bond donors (Lipinski definition) is 0. The molecule has 0 radical (unpaired) electrons. The minimum Gasteiger partial charge on any atom is -0.493 e. The number of terminal acetylenes is 1. The lowest BCUT2D eigenvalue weighted by atomic mass is 10.1. The van der Waals surface area contributed by atoms with Crippen LogP contribution in [0.4, 0.5) is 0 Å². The third-order valence-corrected chi connectivity index (χ3v) is 3.81. The van der Waals surface area contributed by atoms with E-state index in [1.165, 1.54) is 4.90 Å². The first-order chi connectivity index (χ1) is 10.5. The number of carbonyl (C=O) groups excluding carboxylic acids is 1. The van der Waals surface area contributed by atoms with E-state index in [0.717, 1.165) is 5.56 Å². The van der Waals surface area contributed by atoms with Crippen LogP contribution in [0.3, 0.4) is 0 Å². The maximum absolute atomic E-state index is 12.1. The normalized spacial score (nSPS) is 16.2. The van der Waals surface area contributed by atoms with Gasteiger partial charge in [0.05, 0.1) is 7.11 Å². The summed E-state index contributed by atoms with van der Waals surface area (Å²) in [5.41, 5.74) is 1.31. The number of ether oxygens (including phenoxy) is 2. The van der Waals surface area contributed by atoms with Crippen molar-refractivity contribution in [1.29, 1.82) is 0 Å². The topological polar surface area (TPSA) is 42.0 Å². The van der Waals surface area contributed by atoms with Crippen molar-refractivity contribution in [2.75, 3.05) is 27.8 Å². The molecule has 0 aromatic heterocycles. The van der Waals surface area contributed by atoms with Gasteiger partial charge in [-0.3, -0.25) is 9.69 Å². The molecule has 6 heteroatoms. The second-order valence-corrected chi connectivity index (χ2v) is 5.00. The highest BCUT2D eigenvalue weighted by molar-refractivity contribution is 7.80. The first-order valence-electron chi connectivity index (χ1n) is 6.51. The molecule has 0 saturated carbocycles. The highest BCUT2D eigenvalue weighted by Gasteiger charge is 2.32. The van der Waals surface area contributed by atoms with Gasteiger partial charge in [0.1, 0.15) is 12.3 Å². The zero-order valence-corrected chi connectivity index (χ0v) is 13.4. The van der Waals surface area contributed by atoms with E-state index in [9.17, 15) is 4.79 Å². The smallest absolute Gasteiger partial charge is 0.276 e. The van der Waals surface area contributed by atoms with Gasteiger partial charge in [0, 0.05) is 14.1 Å². The van der Waals surface area contributed by atoms with E-state index in [1.54, 1.807) is 44.3 Å². The number of likely N-dealkylation sites (N-methyl/N-ethyl adjacent to an activating group) is 2. The fourth-order valence-corrected chi connectivity index (χ4v) is 2.24. The number of amides is 1. The lowest BCUT2D eigenvalue weighted by Gasteiger charge is -2.12. The van der Waals surface area contributed by atoms with Crippen LogP contribution in [0, 0.1) is 12.3 Å². The predicted octanol–water partition coefficient (Wildman–Crippen LogP) is 1.74. The lowest BCUT2D eigenvalue weighted by molar-refractivity contribution is -0.121. The largest absolute Gasteiger partial charge is 0.493 e. The van der Waals surface area contributed by atoms with Gasteiger partial charge in [-0.2, -0.15) is 0 Å². The summed E-state index contributed by atoms with van der Waals surface area (Å²) in [5, 5.41) is 0.470. The molecule has 22 heavy (non-hydrogen) atoms. The fourth-order valence-electron chi connectivity index (χ4n) is 2.06. The first-order valence-corrected chi connectivity index (χ1v) is 6.92. The second kappa shape index (κ2) is 6.50. The molecular weight excluding hydrogens is 300 g/mol. The molecule has 1 fully saturated rings. The van der Waals surface area contributed by atoms with Crippen molar-refractivity contribution in [3.63, 3.8) is 0 Å². The van der Waals surface area contributed by atoms with Crippen molar-refractivity contribution >= 4 is 29.3 Å². The maximum Gasteiger partial charge on any atom is 0.276 e. The number of hydrogen-bond acceptors (Lipinski definition) is 4. The van der Waals surface area contributed by atoms with Crippen LogP contribution in [0.2, 0.25) is 0 Å². The Kier molecular flexibility index (Phi) is 4.68. The van der Waals surface area contributed by atoms with E-state index in [0.29, 0.717) is 22.3 Å². The van der Waals surface area contributed by atoms with Gasteiger partial charge >= 0.3 is 0 Å². The molecule has 1 aliphatic heterocycles. The van der Waals surface area contributed by atoms with Gasteiger partial charge in [0.15, 0.2) is 16.6 Å². The lowest BCUT2D eigenvalue weighted by Crippen LogP contribution is -2.26. The van der Waals surface area contributed by atoms with Crippen LogP contribution in [-0.4, -0.2) is 48.6 Å². The van der Waals surface area contributed by atoms with E-state index < -0.39 is 0 Å². The van der Waals surface area contributed by atoms with Gasteiger partial charge < -0.3 is 14.4 Å². The van der Waals surface area contributed by atoms with E-state index in [2.05, 4.69) is 5.92 Å². The number of methoxy groups -OCH3 is 1. The Labute approximate surface area is 135 Å². The van der Waals surface area contributed by atoms with E-state index in [-0.39, 0.29) is 12.5 Å². The van der Waals surface area contributed by atoms with Crippen LogP contribution in [-0.2, 0) is 4.79 Å². The summed E-state index contributed by atoms with van der Waals surface area (Å²) in [5.74, 6) is 3.37. The Hall–Kier alpha value is -2.52. The quantitative estimate of drug-likeness (QED) is 0.481. The molecule has 1 aromatic carbocycles. The Morgan fingerprint density at radius 2 is 2.05 bits per heavy atom. The van der Waals surface area contributed by atoms with Crippen molar-refractivity contribution in [2.45, 2.75) is 0 Å². The summed E-state index contributed by atoms with van der Waals surface area (Å²) in [4.78, 5) is 15.3. The van der Waals surface area contributed by atoms with Crippen LogP contribution in [0.5, 0.6) is 11.5 Å². The zero-order chi connectivity index (χ0) is 16.3. The average molecular weight is 316 g/mol. The summed E-state index contributed by atoms with van der Waals surface area (Å²) < 4.78 is 10.7. The van der Waals surface area contributed by atoms with Crippen LogP contribution < -0.4 is 9.47 Å². The molecule has 0 aliphatic carbocycles. The monoisotopic (exact) mass is 316 g/mol. The molecular formula is C16H16N2O3S. The molecule has 2 rings (SSSR count). The van der Waals surface area contributed by atoms with Crippen LogP contribution in [0.15, 0.2) is 23.9 Å². The Balaban J connectivity index is 2.34. The third-order valence-electron chi connectivity index (χ3n) is 3.26. The summed E-state index contributed by atoms with van der Waals surface area (Å²) in [7, 11) is 4.96. The summed E-state index contributed by atoms with van der Waals surface area (Å²) in [6, 6.07) is 5.36. The molecule has 1 aromatic rings. The van der Waals surface area contributed by atoms with E-state index in [4.69, 9.17) is 28.1 Å². The van der Waals surface area contributed by atoms with Crippen molar-refractivity contribution in [3.8, 4) is 23.8 Å². The van der Waals surface area contributed by atoms with Gasteiger partial charge in [0.25, 0.3) is 5.91 Å². The standard InChI is InChI=1S/C16H16N2O3S/c1-5-8-21-13-7-6-11(10-14(13)20-4)9-12-15(19)18(3)16(22)17(12)2/h1,6-7,9-10H,8H2,2-4H3/b12-9+. The van der Waals surface area contributed by atoms with Gasteiger partial charge in [-0.15, -0.1) is 6.42 Å². The zero-order valence-electron chi connectivity index (χ0n) is 12.6. The number of benzene rings is 1. The Morgan fingerprint density at radius 1 is 1.32 bits per heavy atom. The number of thiocarbonyl (C=S) groups is 1. The van der Waals surface area contributed by atoms with Gasteiger partial charge in [-0.05, 0) is 36.0 Å². The Morgan fingerprint density at radius 3 is 2.59 bits per heavy atom.